The van der Waals surface area contributed by atoms with E-state index < -0.39 is 17.7 Å². The van der Waals surface area contributed by atoms with Gasteiger partial charge in [0.15, 0.2) is 0 Å². The number of aliphatic hydroxyl groups is 1. The van der Waals surface area contributed by atoms with Gasteiger partial charge in [0.1, 0.15) is 11.6 Å². The Morgan fingerprint density at radius 1 is 1.21 bits per heavy atom. The van der Waals surface area contributed by atoms with Crippen molar-refractivity contribution in [2.75, 3.05) is 13.1 Å². The van der Waals surface area contributed by atoms with E-state index in [9.17, 15) is 18.7 Å². The third-order valence-corrected chi connectivity index (χ3v) is 5.11. The molecule has 6 heteroatoms. The molecule has 3 atom stereocenters. The molecule has 1 aromatic rings. The zero-order valence-corrected chi connectivity index (χ0v) is 13.7. The van der Waals surface area contributed by atoms with Crippen LogP contribution in [0.2, 0.25) is 0 Å². The molecular weight excluding hydrogens is 314 g/mol. The molecule has 2 fully saturated rings. The number of nitrogens with zero attached hydrogens (tertiary/aromatic N) is 1. The molecule has 0 spiro atoms. The van der Waals surface area contributed by atoms with Crippen LogP contribution in [0.3, 0.4) is 0 Å². The molecule has 0 radical (unpaired) electrons. The molecule has 3 rings (SSSR count). The Kier molecular flexibility index (Phi) is 5.46. The third kappa shape index (κ3) is 3.92. The molecule has 1 aliphatic carbocycles. The van der Waals surface area contributed by atoms with Crippen LogP contribution in [-0.2, 0) is 11.3 Å². The van der Waals surface area contributed by atoms with Crippen LogP contribution in [0.4, 0.5) is 8.78 Å². The van der Waals surface area contributed by atoms with Gasteiger partial charge in [0.2, 0.25) is 5.91 Å². The Labute approximate surface area is 140 Å². The van der Waals surface area contributed by atoms with Crippen molar-refractivity contribution in [3.63, 3.8) is 0 Å². The second-order valence-corrected chi connectivity index (χ2v) is 6.89. The Morgan fingerprint density at radius 3 is 2.62 bits per heavy atom. The lowest BCUT2D eigenvalue weighted by Gasteiger charge is -2.34. The van der Waals surface area contributed by atoms with E-state index in [2.05, 4.69) is 5.32 Å². The summed E-state index contributed by atoms with van der Waals surface area (Å²) in [5, 5.41) is 12.9. The van der Waals surface area contributed by atoms with E-state index in [0.717, 1.165) is 32.2 Å². The van der Waals surface area contributed by atoms with E-state index in [4.69, 9.17) is 0 Å². The zero-order valence-electron chi connectivity index (χ0n) is 13.7. The van der Waals surface area contributed by atoms with Gasteiger partial charge in [-0.15, -0.1) is 0 Å². The minimum atomic E-state index is -0.544. The lowest BCUT2D eigenvalue weighted by atomic mass is 10.0. The molecule has 1 aliphatic heterocycles. The van der Waals surface area contributed by atoms with Crippen LogP contribution < -0.4 is 5.32 Å². The Morgan fingerprint density at radius 2 is 1.96 bits per heavy atom. The van der Waals surface area contributed by atoms with E-state index in [0.29, 0.717) is 13.0 Å². The van der Waals surface area contributed by atoms with Crippen molar-refractivity contribution < 1.29 is 18.7 Å². The molecule has 3 unspecified atom stereocenters. The summed E-state index contributed by atoms with van der Waals surface area (Å²) in [6.07, 6.45) is 3.46. The van der Waals surface area contributed by atoms with Gasteiger partial charge in [0.05, 0.1) is 12.0 Å². The Bertz CT molecular complexity index is 576. The van der Waals surface area contributed by atoms with E-state index in [1.54, 1.807) is 0 Å². The molecule has 0 aromatic heterocycles. The van der Waals surface area contributed by atoms with Crippen molar-refractivity contribution in [1.82, 2.24) is 10.2 Å². The van der Waals surface area contributed by atoms with Crippen LogP contribution in [0.1, 0.15) is 37.7 Å². The maximum Gasteiger partial charge on any atom is 0.225 e. The van der Waals surface area contributed by atoms with Gasteiger partial charge < -0.3 is 10.4 Å². The average Bonchev–Trinajstić information content (AvgIpc) is 2.98. The maximum atomic E-state index is 13.8. The van der Waals surface area contributed by atoms with E-state index in [1.807, 2.05) is 4.90 Å². The molecule has 0 bridgehead atoms. The van der Waals surface area contributed by atoms with Crippen molar-refractivity contribution >= 4 is 5.91 Å². The average molecular weight is 338 g/mol. The number of nitrogens with one attached hydrogen (secondary N) is 1. The first-order chi connectivity index (χ1) is 11.5. The van der Waals surface area contributed by atoms with Crippen LogP contribution in [0.15, 0.2) is 18.2 Å². The first kappa shape index (κ1) is 17.3. The van der Waals surface area contributed by atoms with Crippen LogP contribution in [-0.4, -0.2) is 41.1 Å². The van der Waals surface area contributed by atoms with Gasteiger partial charge in [-0.05, 0) is 50.8 Å². The number of rotatable bonds is 4. The normalized spacial score (nSPS) is 28.0. The van der Waals surface area contributed by atoms with Gasteiger partial charge in [0, 0.05) is 24.7 Å². The van der Waals surface area contributed by atoms with Crippen molar-refractivity contribution in [2.24, 2.45) is 5.92 Å². The highest BCUT2D eigenvalue weighted by molar-refractivity contribution is 5.79. The van der Waals surface area contributed by atoms with Crippen LogP contribution in [0.25, 0.3) is 0 Å². The number of benzene rings is 1. The Hall–Kier alpha value is -1.53. The van der Waals surface area contributed by atoms with E-state index in [-0.39, 0.29) is 30.0 Å². The molecule has 4 nitrogen and oxygen atoms in total. The highest BCUT2D eigenvalue weighted by Gasteiger charge is 2.33. The standard InChI is InChI=1S/C18H24F2N2O2/c19-15-6-2-7-16(20)14(15)11-22-9-3-4-12(10-22)21-18(24)13-5-1-8-17(13)23/h2,6-7,12-13,17,23H,1,3-5,8-11H2,(H,21,24). The van der Waals surface area contributed by atoms with Gasteiger partial charge in [-0.1, -0.05) is 6.07 Å². The fraction of sp³-hybridized carbons (Fsp3) is 0.611. The third-order valence-electron chi connectivity index (χ3n) is 5.11. The summed E-state index contributed by atoms with van der Waals surface area (Å²) in [6, 6.07) is 3.86. The number of amides is 1. The predicted molar refractivity (Wildman–Crippen MR) is 86.1 cm³/mol. The second kappa shape index (κ2) is 7.57. The van der Waals surface area contributed by atoms with Crippen molar-refractivity contribution in [3.05, 3.63) is 35.4 Å². The fourth-order valence-corrected chi connectivity index (χ4v) is 3.78. The summed E-state index contributed by atoms with van der Waals surface area (Å²) in [5.74, 6) is -1.47. The number of carbonyl (C=O) groups excluding carboxylic acids is 1. The summed E-state index contributed by atoms with van der Waals surface area (Å²) < 4.78 is 27.6. The Balaban J connectivity index is 1.57. The van der Waals surface area contributed by atoms with E-state index in [1.165, 1.54) is 18.2 Å². The molecule has 2 aliphatic rings. The summed E-state index contributed by atoms with van der Waals surface area (Å²) >= 11 is 0. The van der Waals surface area contributed by atoms with Crippen LogP contribution in [0, 0.1) is 17.6 Å². The van der Waals surface area contributed by atoms with Crippen LogP contribution >= 0.6 is 0 Å². The molecule has 1 saturated carbocycles. The first-order valence-corrected chi connectivity index (χ1v) is 8.68. The smallest absolute Gasteiger partial charge is 0.225 e. The lowest BCUT2D eigenvalue weighted by Crippen LogP contribution is -2.49. The first-order valence-electron chi connectivity index (χ1n) is 8.68. The number of carbonyl (C=O) groups is 1. The number of halogens is 2. The quantitative estimate of drug-likeness (QED) is 0.885. The topological polar surface area (TPSA) is 52.6 Å². The van der Waals surface area contributed by atoms with Gasteiger partial charge in [-0.25, -0.2) is 8.78 Å². The van der Waals surface area contributed by atoms with Crippen molar-refractivity contribution in [3.8, 4) is 0 Å². The molecule has 2 N–H and O–H groups in total. The number of hydrogen-bond donors (Lipinski definition) is 2. The highest BCUT2D eigenvalue weighted by Crippen LogP contribution is 2.26. The minimum Gasteiger partial charge on any atom is -0.392 e. The molecular formula is C18H24F2N2O2. The predicted octanol–water partition coefficient (Wildman–Crippen LogP) is 2.21. The highest BCUT2D eigenvalue weighted by atomic mass is 19.1. The summed E-state index contributed by atoms with van der Waals surface area (Å²) in [7, 11) is 0. The lowest BCUT2D eigenvalue weighted by molar-refractivity contribution is -0.128. The molecule has 132 valence electrons. The fourth-order valence-electron chi connectivity index (χ4n) is 3.78. The number of aliphatic hydroxyl groups excluding tert-OH is 1. The SMILES string of the molecule is O=C(NC1CCCN(Cc2c(F)cccc2F)C1)C1CCCC1O. The second-order valence-electron chi connectivity index (χ2n) is 6.89. The van der Waals surface area contributed by atoms with Crippen molar-refractivity contribution in [2.45, 2.75) is 50.8 Å². The number of piperidine rings is 1. The zero-order chi connectivity index (χ0) is 17.1. The monoisotopic (exact) mass is 338 g/mol. The number of hydrogen-bond acceptors (Lipinski definition) is 3. The molecule has 1 aromatic carbocycles. The van der Waals surface area contributed by atoms with Gasteiger partial charge in [0.25, 0.3) is 0 Å². The molecule has 24 heavy (non-hydrogen) atoms. The molecule has 1 saturated heterocycles. The largest absolute Gasteiger partial charge is 0.392 e. The summed E-state index contributed by atoms with van der Waals surface area (Å²) in [5.41, 5.74) is 0.0793. The van der Waals surface area contributed by atoms with E-state index >= 15 is 0 Å². The van der Waals surface area contributed by atoms with Gasteiger partial charge in [-0.2, -0.15) is 0 Å². The number of likely N-dealkylation sites (tertiary alicyclic amines) is 1. The molecule has 1 amide bonds. The van der Waals surface area contributed by atoms with Gasteiger partial charge >= 0.3 is 0 Å². The van der Waals surface area contributed by atoms with Crippen LogP contribution in [0.5, 0.6) is 0 Å². The maximum absolute atomic E-state index is 13.8. The molecule has 1 heterocycles. The minimum absolute atomic E-state index is 0.0334. The summed E-state index contributed by atoms with van der Waals surface area (Å²) in [4.78, 5) is 14.3. The summed E-state index contributed by atoms with van der Waals surface area (Å²) in [6.45, 7) is 1.53. The van der Waals surface area contributed by atoms with Crippen molar-refractivity contribution in [1.29, 1.82) is 0 Å². The van der Waals surface area contributed by atoms with Gasteiger partial charge in [-0.3, -0.25) is 9.69 Å².